The van der Waals surface area contributed by atoms with E-state index in [2.05, 4.69) is 30.7 Å². The number of likely N-dealkylation sites (tertiary alicyclic amines) is 1. The zero-order valence-corrected chi connectivity index (χ0v) is 30.7. The smallest absolute Gasteiger partial charge is 0.330 e. The van der Waals surface area contributed by atoms with Gasteiger partial charge in [0.15, 0.2) is 11.9 Å². The molecule has 1 aromatic heterocycles. The van der Waals surface area contributed by atoms with Crippen LogP contribution in [0.2, 0.25) is 0 Å². The van der Waals surface area contributed by atoms with Crippen LogP contribution in [0.4, 0.5) is 23.1 Å². The molecule has 1 aliphatic carbocycles. The summed E-state index contributed by atoms with van der Waals surface area (Å²) in [6.07, 6.45) is 9.11. The maximum atomic E-state index is 13.3. The number of carbonyl (C=O) groups excluding carboxylic acids is 3. The lowest BCUT2D eigenvalue weighted by atomic mass is 10.0. The lowest BCUT2D eigenvalue weighted by Gasteiger charge is -2.43. The van der Waals surface area contributed by atoms with Gasteiger partial charge in [-0.25, -0.2) is 9.78 Å². The van der Waals surface area contributed by atoms with Crippen molar-refractivity contribution < 1.29 is 29.0 Å². The van der Waals surface area contributed by atoms with Crippen molar-refractivity contribution in [1.29, 1.82) is 0 Å². The molecule has 282 valence electrons. The number of ether oxygens (including phenoxy) is 1. The molecule has 0 spiro atoms. The largest absolute Gasteiger partial charge is 0.495 e. The number of rotatable bonds is 14. The molecule has 3 amide bonds. The Hall–Kier alpha value is -5.24. The fourth-order valence-electron chi connectivity index (χ4n) is 7.70. The number of aliphatic carboxylic acids is 1. The fraction of sp³-hybridized carbons (Fsp3) is 0.487. The minimum absolute atomic E-state index is 0.0108. The molecule has 6 rings (SSSR count). The number of aromatic nitrogens is 2. The number of nitrogens with zero attached hydrogens (tertiary/aromatic N) is 5. The predicted octanol–water partition coefficient (Wildman–Crippen LogP) is 4.65. The first-order chi connectivity index (χ1) is 25.7. The molecule has 0 unspecified atom stereocenters. The van der Waals surface area contributed by atoms with E-state index in [-0.39, 0.29) is 42.3 Å². The number of nitrogens with one attached hydrogen (secondary N) is 3. The van der Waals surface area contributed by atoms with E-state index in [1.807, 2.05) is 6.92 Å². The number of carboxylic acid groups (broad SMARTS) is 1. The van der Waals surface area contributed by atoms with Gasteiger partial charge in [-0.3, -0.25) is 14.4 Å². The van der Waals surface area contributed by atoms with Crippen LogP contribution in [0.15, 0.2) is 54.7 Å². The van der Waals surface area contributed by atoms with E-state index in [9.17, 15) is 24.3 Å². The Labute approximate surface area is 310 Å². The van der Waals surface area contributed by atoms with Crippen molar-refractivity contribution in [1.82, 2.24) is 25.5 Å². The fourth-order valence-corrected chi connectivity index (χ4v) is 7.70. The number of anilines is 4. The Morgan fingerprint density at radius 2 is 1.77 bits per heavy atom. The molecule has 1 saturated carbocycles. The normalized spacial score (nSPS) is 18.7. The summed E-state index contributed by atoms with van der Waals surface area (Å²) in [5, 5.41) is 18.6. The Kier molecular flexibility index (Phi) is 12.1. The number of benzene rings is 2. The summed E-state index contributed by atoms with van der Waals surface area (Å²) in [6, 6.07) is 12.8. The van der Waals surface area contributed by atoms with E-state index < -0.39 is 12.0 Å². The topological polar surface area (TPSA) is 169 Å². The van der Waals surface area contributed by atoms with Crippen molar-refractivity contribution >= 4 is 46.8 Å². The van der Waals surface area contributed by atoms with E-state index in [1.165, 1.54) is 0 Å². The summed E-state index contributed by atoms with van der Waals surface area (Å²) < 4.78 is 5.68. The highest BCUT2D eigenvalue weighted by Gasteiger charge is 2.41. The van der Waals surface area contributed by atoms with Crippen LogP contribution >= 0.6 is 0 Å². The van der Waals surface area contributed by atoms with Gasteiger partial charge in [-0.05, 0) is 68.8 Å². The monoisotopic (exact) mass is 726 g/mol. The molecular formula is C39H50N8O6. The Balaban J connectivity index is 1.00. The highest BCUT2D eigenvalue weighted by Crippen LogP contribution is 2.40. The van der Waals surface area contributed by atoms with Gasteiger partial charge in [0.2, 0.25) is 17.8 Å². The summed E-state index contributed by atoms with van der Waals surface area (Å²) in [5.41, 5.74) is 2.32. The van der Waals surface area contributed by atoms with Gasteiger partial charge in [-0.2, -0.15) is 4.98 Å². The summed E-state index contributed by atoms with van der Waals surface area (Å²) in [7, 11) is 3.33. The summed E-state index contributed by atoms with van der Waals surface area (Å²) in [5.74, 6) is 0.0918. The second-order valence-electron chi connectivity index (χ2n) is 14.1. The van der Waals surface area contributed by atoms with Crippen LogP contribution in [0, 0.1) is 0 Å². The lowest BCUT2D eigenvalue weighted by molar-refractivity contribution is -0.142. The number of piperidine rings is 1. The zero-order chi connectivity index (χ0) is 37.5. The SMILES string of the molecule is CC[C@@H]1C(=O)N(C)c2cnc(Nc3ccc(C(=O)NC4CCN(CCCC(=O)N[C@@H](C(=O)O)c5ccccc5)CC4)cc3OC)nc2N1C1CCCC1. The first kappa shape index (κ1) is 37.5. The van der Waals surface area contributed by atoms with Crippen molar-refractivity contribution in [3.05, 3.63) is 65.9 Å². The van der Waals surface area contributed by atoms with Crippen LogP contribution in [0.5, 0.6) is 5.75 Å². The molecule has 2 aliphatic heterocycles. The number of fused-ring (bicyclic) bond motifs is 1. The Morgan fingerprint density at radius 3 is 2.45 bits per heavy atom. The molecule has 53 heavy (non-hydrogen) atoms. The van der Waals surface area contributed by atoms with Crippen LogP contribution in [-0.2, 0) is 14.4 Å². The maximum Gasteiger partial charge on any atom is 0.330 e. The first-order valence-corrected chi connectivity index (χ1v) is 18.6. The average molecular weight is 727 g/mol. The van der Waals surface area contributed by atoms with Gasteiger partial charge in [0.1, 0.15) is 17.5 Å². The van der Waals surface area contributed by atoms with E-state index >= 15 is 0 Å². The third-order valence-electron chi connectivity index (χ3n) is 10.6. The number of amides is 3. The molecule has 1 saturated heterocycles. The second kappa shape index (κ2) is 17.1. The van der Waals surface area contributed by atoms with Crippen molar-refractivity contribution in [2.75, 3.05) is 48.9 Å². The summed E-state index contributed by atoms with van der Waals surface area (Å²) >= 11 is 0. The minimum Gasteiger partial charge on any atom is -0.495 e. The molecule has 0 bridgehead atoms. The Bertz CT molecular complexity index is 1780. The number of methoxy groups -OCH3 is 1. The number of carboxylic acids is 1. The zero-order valence-electron chi connectivity index (χ0n) is 30.7. The lowest BCUT2D eigenvalue weighted by Crippen LogP contribution is -2.55. The van der Waals surface area contributed by atoms with Gasteiger partial charge in [0.05, 0.1) is 19.0 Å². The first-order valence-electron chi connectivity index (χ1n) is 18.6. The quantitative estimate of drug-likeness (QED) is 0.183. The van der Waals surface area contributed by atoms with E-state index in [0.29, 0.717) is 53.6 Å². The average Bonchev–Trinajstić information content (AvgIpc) is 3.71. The molecule has 0 radical (unpaired) electrons. The van der Waals surface area contributed by atoms with Gasteiger partial charge in [0.25, 0.3) is 5.91 Å². The van der Waals surface area contributed by atoms with Crippen LogP contribution in [0.3, 0.4) is 0 Å². The van der Waals surface area contributed by atoms with Gasteiger partial charge in [0, 0.05) is 44.2 Å². The van der Waals surface area contributed by atoms with E-state index in [1.54, 1.807) is 73.8 Å². The molecule has 14 heteroatoms. The predicted molar refractivity (Wildman–Crippen MR) is 202 cm³/mol. The molecule has 3 heterocycles. The van der Waals surface area contributed by atoms with Crippen LogP contribution in [0.25, 0.3) is 0 Å². The van der Waals surface area contributed by atoms with Gasteiger partial charge in [-0.1, -0.05) is 50.1 Å². The standard InChI is InChI=1S/C39H50N8O6/c1-4-30-37(50)45(2)31-24-40-39(44-35(31)47(30)28-13-8-9-14-28)42-29-17-16-26(23-32(29)53-3)36(49)41-27-18-21-46(22-19-27)20-10-15-33(48)43-34(38(51)52)25-11-6-5-7-12-25/h5-7,11-12,16-17,23-24,27-28,30,34H,4,8-10,13-15,18-22H2,1-3H3,(H,41,49)(H,43,48)(H,51,52)(H,40,42,44)/t30-,34-/m1/s1. The maximum absolute atomic E-state index is 13.3. The number of carbonyl (C=O) groups is 4. The van der Waals surface area contributed by atoms with Gasteiger partial charge >= 0.3 is 5.97 Å². The molecule has 2 aromatic carbocycles. The third-order valence-corrected chi connectivity index (χ3v) is 10.6. The number of hydrogen-bond acceptors (Lipinski definition) is 10. The van der Waals surface area contributed by atoms with Crippen molar-refractivity contribution in [2.45, 2.75) is 88.9 Å². The van der Waals surface area contributed by atoms with Gasteiger partial charge < -0.3 is 40.5 Å². The summed E-state index contributed by atoms with van der Waals surface area (Å²) in [6.45, 7) is 4.31. The van der Waals surface area contributed by atoms with Crippen molar-refractivity contribution in [2.24, 2.45) is 0 Å². The molecule has 3 aliphatic rings. The molecule has 14 nitrogen and oxygen atoms in total. The number of likely N-dealkylation sites (N-methyl/N-ethyl adjacent to an activating group) is 1. The van der Waals surface area contributed by atoms with E-state index in [0.717, 1.165) is 57.4 Å². The van der Waals surface area contributed by atoms with Gasteiger partial charge in [-0.15, -0.1) is 0 Å². The molecule has 3 aromatic rings. The molecule has 2 atom stereocenters. The van der Waals surface area contributed by atoms with Crippen molar-refractivity contribution in [3.63, 3.8) is 0 Å². The van der Waals surface area contributed by atoms with Crippen LogP contribution in [0.1, 0.15) is 86.7 Å². The third kappa shape index (κ3) is 8.70. The highest BCUT2D eigenvalue weighted by atomic mass is 16.5. The van der Waals surface area contributed by atoms with Crippen LogP contribution < -0.4 is 30.5 Å². The molecule has 2 fully saturated rings. The second-order valence-corrected chi connectivity index (χ2v) is 14.1. The molecular weight excluding hydrogens is 676 g/mol. The molecule has 4 N–H and O–H groups in total. The van der Waals surface area contributed by atoms with E-state index in [4.69, 9.17) is 9.72 Å². The summed E-state index contributed by atoms with van der Waals surface area (Å²) in [4.78, 5) is 66.4. The Morgan fingerprint density at radius 1 is 1.04 bits per heavy atom. The van der Waals surface area contributed by atoms with Crippen molar-refractivity contribution in [3.8, 4) is 5.75 Å². The highest BCUT2D eigenvalue weighted by molar-refractivity contribution is 6.04. The minimum atomic E-state index is -1.09. The number of hydrogen-bond donors (Lipinski definition) is 4. The van der Waals surface area contributed by atoms with Crippen LogP contribution in [-0.4, -0.2) is 95.6 Å².